The van der Waals surface area contributed by atoms with E-state index in [4.69, 9.17) is 14.5 Å². The molecule has 1 N–H and O–H groups in total. The van der Waals surface area contributed by atoms with Crippen molar-refractivity contribution in [3.63, 3.8) is 0 Å². The molecule has 0 saturated carbocycles. The molecule has 1 unspecified atom stereocenters. The number of nitrogens with one attached hydrogen (secondary N) is 1. The number of methoxy groups -OCH3 is 1. The zero-order chi connectivity index (χ0) is 22.7. The normalized spacial score (nSPS) is 21.7. The number of morpholine rings is 1. The van der Waals surface area contributed by atoms with Crippen LogP contribution in [-0.2, 0) is 19.8 Å². The first-order valence-corrected chi connectivity index (χ1v) is 10.6. The molecule has 0 radical (unpaired) electrons. The largest absolute Gasteiger partial charge is 0.466 e. The maximum absolute atomic E-state index is 13.7. The molecule has 0 amide bonds. The highest BCUT2D eigenvalue weighted by atomic mass is 19.1. The third-order valence-corrected chi connectivity index (χ3v) is 5.91. The van der Waals surface area contributed by atoms with E-state index in [-0.39, 0.29) is 5.82 Å². The molecular formula is C24H27FN4O3. The smallest absolute Gasteiger partial charge is 0.338 e. The molecule has 3 heterocycles. The Morgan fingerprint density at radius 2 is 1.97 bits per heavy atom. The van der Waals surface area contributed by atoms with Crippen LogP contribution in [-0.4, -0.2) is 61.6 Å². The number of carbonyl (C=O) groups is 1. The summed E-state index contributed by atoms with van der Waals surface area (Å²) in [5, 5.41) is 3.37. The molecule has 7 nitrogen and oxygen atoms in total. The number of aryl methyl sites for hydroxylation is 1. The van der Waals surface area contributed by atoms with E-state index in [1.54, 1.807) is 18.3 Å². The summed E-state index contributed by atoms with van der Waals surface area (Å²) in [6, 6.07) is 9.89. The van der Waals surface area contributed by atoms with Gasteiger partial charge in [-0.15, -0.1) is 0 Å². The molecule has 1 aromatic carbocycles. The van der Waals surface area contributed by atoms with Crippen molar-refractivity contribution in [3.8, 4) is 0 Å². The van der Waals surface area contributed by atoms with E-state index in [0.717, 1.165) is 18.7 Å². The van der Waals surface area contributed by atoms with E-state index in [9.17, 15) is 9.18 Å². The van der Waals surface area contributed by atoms with E-state index in [0.29, 0.717) is 48.1 Å². The summed E-state index contributed by atoms with van der Waals surface area (Å²) in [5.41, 5.74) is 2.34. The van der Waals surface area contributed by atoms with Gasteiger partial charge in [0.15, 0.2) is 5.84 Å². The van der Waals surface area contributed by atoms with Gasteiger partial charge >= 0.3 is 5.97 Å². The Hall–Kier alpha value is -3.10. The quantitative estimate of drug-likeness (QED) is 0.724. The minimum atomic E-state index is -1.09. The van der Waals surface area contributed by atoms with Gasteiger partial charge in [-0.25, -0.2) is 14.2 Å². The number of nitrogens with zero attached hydrogens (tertiary/aromatic N) is 3. The van der Waals surface area contributed by atoms with Gasteiger partial charge in [0.2, 0.25) is 0 Å². The van der Waals surface area contributed by atoms with Gasteiger partial charge in [0.25, 0.3) is 0 Å². The van der Waals surface area contributed by atoms with Gasteiger partial charge in [0.05, 0.1) is 25.9 Å². The maximum Gasteiger partial charge on any atom is 0.338 e. The molecule has 1 saturated heterocycles. The molecule has 0 spiro atoms. The fourth-order valence-corrected chi connectivity index (χ4v) is 4.16. The zero-order valence-electron chi connectivity index (χ0n) is 18.5. The monoisotopic (exact) mass is 438 g/mol. The second-order valence-corrected chi connectivity index (χ2v) is 8.07. The summed E-state index contributed by atoms with van der Waals surface area (Å²) < 4.78 is 24.3. The van der Waals surface area contributed by atoms with Crippen LogP contribution in [0.1, 0.15) is 23.7 Å². The first-order valence-electron chi connectivity index (χ1n) is 10.6. The van der Waals surface area contributed by atoms with Crippen LogP contribution in [0.5, 0.6) is 0 Å². The van der Waals surface area contributed by atoms with Crippen LogP contribution in [0.2, 0.25) is 0 Å². The van der Waals surface area contributed by atoms with Crippen molar-refractivity contribution in [3.05, 3.63) is 76.5 Å². The summed E-state index contributed by atoms with van der Waals surface area (Å²) in [7, 11) is 1.36. The van der Waals surface area contributed by atoms with E-state index < -0.39 is 11.5 Å². The molecule has 1 fully saturated rings. The van der Waals surface area contributed by atoms with Crippen LogP contribution in [0.15, 0.2) is 58.9 Å². The molecule has 8 heteroatoms. The van der Waals surface area contributed by atoms with E-state index >= 15 is 0 Å². The number of benzene rings is 1. The number of amidine groups is 1. The highest BCUT2D eigenvalue weighted by molar-refractivity contribution is 6.04. The number of hydrogen-bond donors (Lipinski definition) is 1. The molecule has 4 rings (SSSR count). The Labute approximate surface area is 187 Å². The first kappa shape index (κ1) is 22.1. The Morgan fingerprint density at radius 3 is 2.62 bits per heavy atom. The topological polar surface area (TPSA) is 76.0 Å². The Kier molecular flexibility index (Phi) is 6.34. The predicted molar refractivity (Wildman–Crippen MR) is 119 cm³/mol. The third kappa shape index (κ3) is 4.28. The van der Waals surface area contributed by atoms with Gasteiger partial charge in [0.1, 0.15) is 17.1 Å². The van der Waals surface area contributed by atoms with E-state index in [1.165, 1.54) is 19.2 Å². The fraction of sp³-hybridized carbons (Fsp3) is 0.375. The number of aliphatic imine (C=N–C) groups is 1. The van der Waals surface area contributed by atoms with Gasteiger partial charge < -0.3 is 14.8 Å². The Balaban J connectivity index is 1.88. The first-order chi connectivity index (χ1) is 15.4. The molecule has 32 heavy (non-hydrogen) atoms. The lowest BCUT2D eigenvalue weighted by atomic mass is 9.82. The molecule has 2 aromatic rings. The van der Waals surface area contributed by atoms with Crippen molar-refractivity contribution >= 4 is 11.8 Å². The molecule has 2 aliphatic heterocycles. The number of pyridine rings is 1. The lowest BCUT2D eigenvalue weighted by Crippen LogP contribution is -2.47. The molecular weight excluding hydrogens is 411 g/mol. The summed E-state index contributed by atoms with van der Waals surface area (Å²) >= 11 is 0. The van der Waals surface area contributed by atoms with Gasteiger partial charge in [0, 0.05) is 31.5 Å². The summed E-state index contributed by atoms with van der Waals surface area (Å²) in [6.07, 6.45) is 1.71. The number of aromatic nitrogens is 1. The van der Waals surface area contributed by atoms with Crippen molar-refractivity contribution in [2.75, 3.05) is 40.0 Å². The van der Waals surface area contributed by atoms with Crippen LogP contribution < -0.4 is 5.32 Å². The number of rotatable bonds is 5. The SMILES string of the molecule is COC(=O)C1=C(CN2CCOCC2)NC(c2ncccc2C)=NC1(C)c1ccc(F)cc1. The number of hydrogen-bond acceptors (Lipinski definition) is 7. The molecule has 0 bridgehead atoms. The van der Waals surface area contributed by atoms with Crippen LogP contribution in [0.3, 0.4) is 0 Å². The second-order valence-electron chi connectivity index (χ2n) is 8.07. The summed E-state index contributed by atoms with van der Waals surface area (Å²) in [4.78, 5) is 24.8. The Bertz CT molecular complexity index is 1060. The maximum atomic E-state index is 13.7. The minimum absolute atomic E-state index is 0.354. The fourth-order valence-electron chi connectivity index (χ4n) is 4.16. The van der Waals surface area contributed by atoms with Gasteiger partial charge in [-0.05, 0) is 43.2 Å². The zero-order valence-corrected chi connectivity index (χ0v) is 18.5. The standard InChI is InChI=1S/C24H27FN4O3/c1-16-5-4-10-26-21(16)22-27-19(15-29-11-13-32-14-12-29)20(23(30)31-3)24(2,28-22)17-6-8-18(25)9-7-17/h4-10H,11-15H2,1-3H3,(H,27,28). The van der Waals surface area contributed by atoms with E-state index in [2.05, 4.69) is 15.2 Å². The molecule has 0 aliphatic carbocycles. The minimum Gasteiger partial charge on any atom is -0.466 e. The predicted octanol–water partition coefficient (Wildman–Crippen LogP) is 2.55. The third-order valence-electron chi connectivity index (χ3n) is 5.91. The van der Waals surface area contributed by atoms with Crippen LogP contribution in [0.25, 0.3) is 0 Å². The van der Waals surface area contributed by atoms with Crippen molar-refractivity contribution in [2.24, 2.45) is 4.99 Å². The van der Waals surface area contributed by atoms with Crippen LogP contribution >= 0.6 is 0 Å². The van der Waals surface area contributed by atoms with Gasteiger partial charge in [-0.2, -0.15) is 0 Å². The molecule has 168 valence electrons. The lowest BCUT2D eigenvalue weighted by molar-refractivity contribution is -0.137. The summed E-state index contributed by atoms with van der Waals surface area (Å²) in [6.45, 7) is 7.08. The van der Waals surface area contributed by atoms with Crippen molar-refractivity contribution in [1.82, 2.24) is 15.2 Å². The van der Waals surface area contributed by atoms with Gasteiger partial charge in [-0.3, -0.25) is 9.88 Å². The summed E-state index contributed by atoms with van der Waals surface area (Å²) in [5.74, 6) is -0.271. The van der Waals surface area contributed by atoms with Crippen molar-refractivity contribution in [1.29, 1.82) is 0 Å². The Morgan fingerprint density at radius 1 is 1.25 bits per heavy atom. The lowest BCUT2D eigenvalue weighted by Gasteiger charge is -2.37. The van der Waals surface area contributed by atoms with Crippen LogP contribution in [0, 0.1) is 12.7 Å². The van der Waals surface area contributed by atoms with E-state index in [1.807, 2.05) is 26.0 Å². The van der Waals surface area contributed by atoms with Gasteiger partial charge in [-0.1, -0.05) is 18.2 Å². The average molecular weight is 439 g/mol. The number of ether oxygens (including phenoxy) is 2. The highest BCUT2D eigenvalue weighted by Gasteiger charge is 2.42. The van der Waals surface area contributed by atoms with Crippen LogP contribution in [0.4, 0.5) is 4.39 Å². The molecule has 1 atom stereocenters. The average Bonchev–Trinajstić information content (AvgIpc) is 2.80. The number of halogens is 1. The number of carbonyl (C=O) groups excluding carboxylic acids is 1. The molecule has 1 aromatic heterocycles. The van der Waals surface area contributed by atoms with Crippen molar-refractivity contribution < 1.29 is 18.7 Å². The highest BCUT2D eigenvalue weighted by Crippen LogP contribution is 2.39. The number of esters is 1. The second kappa shape index (κ2) is 9.18. The molecule has 2 aliphatic rings. The van der Waals surface area contributed by atoms with Crippen molar-refractivity contribution in [2.45, 2.75) is 19.4 Å².